The van der Waals surface area contributed by atoms with Gasteiger partial charge in [-0.2, -0.15) is 0 Å². The fraction of sp³-hybridized carbons (Fsp3) is 0.571. The number of hydrazine groups is 1. The van der Waals surface area contributed by atoms with E-state index in [1.165, 1.54) is 0 Å². The van der Waals surface area contributed by atoms with Crippen LogP contribution >= 0.6 is 23.2 Å². The van der Waals surface area contributed by atoms with Gasteiger partial charge in [-0.3, -0.25) is 14.8 Å². The maximum Gasteiger partial charge on any atom is 0.254 e. The van der Waals surface area contributed by atoms with Crippen LogP contribution in [0.25, 0.3) is 16.9 Å². The monoisotopic (exact) mass is 585 g/mol. The van der Waals surface area contributed by atoms with Gasteiger partial charge in [-0.15, -0.1) is 5.10 Å². The molecule has 0 spiro atoms. The Labute approximate surface area is 244 Å². The number of nitrogens with zero attached hydrogens (tertiary/aromatic N) is 6. The maximum absolute atomic E-state index is 13.8. The van der Waals surface area contributed by atoms with Gasteiger partial charge in [0.25, 0.3) is 5.56 Å². The van der Waals surface area contributed by atoms with Crippen molar-refractivity contribution in [3.63, 3.8) is 0 Å². The molecule has 3 aromatic rings. The highest BCUT2D eigenvalue weighted by Gasteiger charge is 2.41. The van der Waals surface area contributed by atoms with Gasteiger partial charge in [0.2, 0.25) is 0 Å². The van der Waals surface area contributed by atoms with Gasteiger partial charge in [-0.05, 0) is 56.3 Å². The number of aromatic nitrogens is 5. The SMILES string of the molecule is C[C@@H]1CCC[C@H](n2cnc(-c3cc(Cl)ccc3-n3cc(Cl)nn3)cc2=O)C2CCCC(N2)C2C(CNN2C)NC1. The summed E-state index contributed by atoms with van der Waals surface area (Å²) in [4.78, 5) is 18.6. The van der Waals surface area contributed by atoms with E-state index in [1.54, 1.807) is 35.4 Å². The summed E-state index contributed by atoms with van der Waals surface area (Å²) in [6, 6.07) is 8.34. The zero-order chi connectivity index (χ0) is 27.8. The largest absolute Gasteiger partial charge is 0.311 e. The van der Waals surface area contributed by atoms with Gasteiger partial charge in [0.05, 0.1) is 36.0 Å². The van der Waals surface area contributed by atoms with Crippen LogP contribution in [0.5, 0.6) is 0 Å². The van der Waals surface area contributed by atoms with Crippen molar-refractivity contribution in [2.45, 2.75) is 75.7 Å². The zero-order valence-electron chi connectivity index (χ0n) is 22.9. The molecule has 10 nitrogen and oxygen atoms in total. The van der Waals surface area contributed by atoms with Gasteiger partial charge in [0, 0.05) is 48.4 Å². The van der Waals surface area contributed by atoms with Crippen LogP contribution in [-0.2, 0) is 0 Å². The van der Waals surface area contributed by atoms with Crippen molar-refractivity contribution in [2.24, 2.45) is 5.92 Å². The molecule has 12 heteroatoms. The first kappa shape index (κ1) is 27.8. The van der Waals surface area contributed by atoms with E-state index >= 15 is 0 Å². The van der Waals surface area contributed by atoms with Crippen LogP contribution < -0.4 is 21.6 Å². The Hall–Kier alpha value is -2.34. The molecule has 214 valence electrons. The molecular formula is C28H37Cl2N9O. The van der Waals surface area contributed by atoms with Gasteiger partial charge in [-0.1, -0.05) is 48.2 Å². The molecule has 3 aliphatic heterocycles. The molecule has 3 aliphatic rings. The van der Waals surface area contributed by atoms with E-state index in [9.17, 15) is 4.79 Å². The molecule has 1 aromatic carbocycles. The Morgan fingerprint density at radius 2 is 1.82 bits per heavy atom. The van der Waals surface area contributed by atoms with E-state index < -0.39 is 0 Å². The Bertz CT molecular complexity index is 1390. The highest BCUT2D eigenvalue weighted by molar-refractivity contribution is 6.31. The number of benzene rings is 1. The van der Waals surface area contributed by atoms with Crippen molar-refractivity contribution in [3.8, 4) is 16.9 Å². The lowest BCUT2D eigenvalue weighted by Crippen LogP contribution is -2.60. The van der Waals surface area contributed by atoms with Crippen LogP contribution in [0.4, 0.5) is 0 Å². The highest BCUT2D eigenvalue weighted by atomic mass is 35.5. The highest BCUT2D eigenvalue weighted by Crippen LogP contribution is 2.32. The van der Waals surface area contributed by atoms with Gasteiger partial charge >= 0.3 is 0 Å². The van der Waals surface area contributed by atoms with Gasteiger partial charge in [0.15, 0.2) is 5.15 Å². The number of piperidine rings is 1. The summed E-state index contributed by atoms with van der Waals surface area (Å²) < 4.78 is 3.42. The normalized spacial score (nSPS) is 29.9. The number of hydrogen-bond acceptors (Lipinski definition) is 8. The minimum atomic E-state index is -0.0687. The molecule has 2 bridgehead atoms. The van der Waals surface area contributed by atoms with E-state index in [1.807, 2.05) is 10.6 Å². The first-order chi connectivity index (χ1) is 19.4. The molecule has 0 amide bonds. The summed E-state index contributed by atoms with van der Waals surface area (Å²) in [6.07, 6.45) is 9.74. The Kier molecular flexibility index (Phi) is 8.26. The van der Waals surface area contributed by atoms with Gasteiger partial charge in [-0.25, -0.2) is 14.7 Å². The molecule has 5 heterocycles. The van der Waals surface area contributed by atoms with Crippen LogP contribution in [0, 0.1) is 5.92 Å². The lowest BCUT2D eigenvalue weighted by Gasteiger charge is -2.42. The van der Waals surface area contributed by atoms with E-state index in [0.29, 0.717) is 46.0 Å². The predicted molar refractivity (Wildman–Crippen MR) is 157 cm³/mol. The molecule has 40 heavy (non-hydrogen) atoms. The van der Waals surface area contributed by atoms with E-state index in [0.717, 1.165) is 51.6 Å². The van der Waals surface area contributed by atoms with Gasteiger partial charge < -0.3 is 10.6 Å². The first-order valence-corrected chi connectivity index (χ1v) is 15.0. The van der Waals surface area contributed by atoms with Crippen molar-refractivity contribution in [1.29, 1.82) is 0 Å². The number of halogens is 2. The summed E-state index contributed by atoms with van der Waals surface area (Å²) in [5, 5.41) is 18.9. The minimum Gasteiger partial charge on any atom is -0.311 e. The van der Waals surface area contributed by atoms with Crippen LogP contribution in [0.15, 0.2) is 41.6 Å². The number of hydrogen-bond donors (Lipinski definition) is 3. The average Bonchev–Trinajstić information content (AvgIpc) is 3.54. The molecule has 3 N–H and O–H groups in total. The summed E-state index contributed by atoms with van der Waals surface area (Å²) in [5.41, 5.74) is 5.40. The second-order valence-corrected chi connectivity index (χ2v) is 12.4. The van der Waals surface area contributed by atoms with Crippen molar-refractivity contribution in [2.75, 3.05) is 20.1 Å². The number of likely N-dealkylation sites (N-methyl/N-ethyl adjacent to an activating group) is 1. The third kappa shape index (κ3) is 5.70. The first-order valence-electron chi connectivity index (χ1n) is 14.3. The van der Waals surface area contributed by atoms with Crippen molar-refractivity contribution >= 4 is 23.2 Å². The van der Waals surface area contributed by atoms with Crippen molar-refractivity contribution in [3.05, 3.63) is 57.3 Å². The van der Waals surface area contributed by atoms with Crippen molar-refractivity contribution in [1.82, 2.24) is 45.6 Å². The van der Waals surface area contributed by atoms with Crippen LogP contribution in [0.2, 0.25) is 10.2 Å². The second-order valence-electron chi connectivity index (χ2n) is 11.6. The summed E-state index contributed by atoms with van der Waals surface area (Å²) in [7, 11) is 2.15. The molecule has 0 radical (unpaired) electrons. The maximum atomic E-state index is 13.8. The third-order valence-corrected chi connectivity index (χ3v) is 9.23. The molecule has 0 saturated carbocycles. The number of fused-ring (bicyclic) bond motifs is 4. The number of rotatable bonds is 3. The Morgan fingerprint density at radius 3 is 2.62 bits per heavy atom. The van der Waals surface area contributed by atoms with Crippen LogP contribution in [0.1, 0.15) is 51.5 Å². The Balaban J connectivity index is 1.33. The molecule has 6 atom stereocenters. The summed E-state index contributed by atoms with van der Waals surface area (Å²) >= 11 is 12.4. The van der Waals surface area contributed by atoms with Crippen LogP contribution in [-0.4, -0.2) is 73.9 Å². The summed E-state index contributed by atoms with van der Waals surface area (Å²) in [5.74, 6) is 0.572. The molecule has 2 aromatic heterocycles. The standard InChI is InChI=1S/C28H37Cl2N9O/c1-17-5-3-8-25(20-6-4-7-21(34-20)28-23(31-13-17)14-33-37(28)2)38-16-32-22(12-27(38)40)19-11-18(29)9-10-24(19)39-15-26(30)35-36-39/h9-12,15-17,20-21,23,25,28,31,33-34H,3-8,13-14H2,1-2H3/t17-,20?,21?,23?,25+,28?/m1/s1. The molecule has 3 fully saturated rings. The topological polar surface area (TPSA) is 105 Å². The van der Waals surface area contributed by atoms with Crippen LogP contribution in [0.3, 0.4) is 0 Å². The summed E-state index contributed by atoms with van der Waals surface area (Å²) in [6.45, 7) is 4.27. The van der Waals surface area contributed by atoms with Gasteiger partial charge in [0.1, 0.15) is 0 Å². The lowest BCUT2D eigenvalue weighted by atomic mass is 9.85. The Morgan fingerprint density at radius 1 is 1.00 bits per heavy atom. The molecule has 0 aliphatic carbocycles. The van der Waals surface area contributed by atoms with Crippen molar-refractivity contribution < 1.29 is 0 Å². The fourth-order valence-electron chi connectivity index (χ4n) is 6.80. The second kappa shape index (κ2) is 11.9. The predicted octanol–water partition coefficient (Wildman–Crippen LogP) is 3.45. The molecular weight excluding hydrogens is 549 g/mol. The lowest BCUT2D eigenvalue weighted by molar-refractivity contribution is 0.127. The fourth-order valence-corrected chi connectivity index (χ4v) is 7.10. The zero-order valence-corrected chi connectivity index (χ0v) is 24.4. The van der Waals surface area contributed by atoms with E-state index in [2.05, 4.69) is 45.4 Å². The molecule has 4 unspecified atom stereocenters. The third-order valence-electron chi connectivity index (χ3n) is 8.82. The molecule has 6 rings (SSSR count). The van der Waals surface area contributed by atoms with E-state index in [4.69, 9.17) is 28.2 Å². The van der Waals surface area contributed by atoms with E-state index in [-0.39, 0.29) is 22.8 Å². The quantitative estimate of drug-likeness (QED) is 0.429. The molecule has 3 saturated heterocycles. The number of nitrogens with one attached hydrogen (secondary N) is 3. The average molecular weight is 587 g/mol. The minimum absolute atomic E-state index is 0.0301. The smallest absolute Gasteiger partial charge is 0.254 e.